The van der Waals surface area contributed by atoms with Crippen LogP contribution in [0.3, 0.4) is 0 Å². The molecule has 2 aliphatic heterocycles. The Morgan fingerprint density at radius 1 is 1.10 bits per heavy atom. The van der Waals surface area contributed by atoms with Crippen molar-refractivity contribution >= 4 is 0 Å². The van der Waals surface area contributed by atoms with Crippen molar-refractivity contribution in [3.63, 3.8) is 0 Å². The van der Waals surface area contributed by atoms with Crippen LogP contribution in [0.4, 0.5) is 0 Å². The van der Waals surface area contributed by atoms with Crippen LogP contribution in [0, 0.1) is 5.92 Å². The predicted molar refractivity (Wildman–Crippen MR) is 84.7 cm³/mol. The normalized spacial score (nSPS) is 24.9. The van der Waals surface area contributed by atoms with E-state index < -0.39 is 0 Å². The third kappa shape index (κ3) is 4.92. The van der Waals surface area contributed by atoms with Crippen LogP contribution in [0.1, 0.15) is 52.4 Å². The van der Waals surface area contributed by atoms with E-state index in [0.717, 1.165) is 58.3 Å². The summed E-state index contributed by atoms with van der Waals surface area (Å²) in [5.41, 5.74) is -0.0273. The van der Waals surface area contributed by atoms with E-state index in [2.05, 4.69) is 19.2 Å². The molecule has 1 N–H and O–H groups in total. The van der Waals surface area contributed by atoms with Crippen LogP contribution in [0.5, 0.6) is 0 Å². The second-order valence-corrected chi connectivity index (χ2v) is 6.41. The monoisotopic (exact) mass is 299 g/mol. The van der Waals surface area contributed by atoms with Gasteiger partial charge < -0.3 is 19.5 Å². The van der Waals surface area contributed by atoms with Crippen LogP contribution in [0.15, 0.2) is 0 Å². The number of nitrogens with one attached hydrogen (secondary N) is 1. The van der Waals surface area contributed by atoms with E-state index in [1.165, 1.54) is 25.7 Å². The minimum atomic E-state index is -0.0273. The van der Waals surface area contributed by atoms with E-state index in [9.17, 15) is 0 Å². The minimum Gasteiger partial charge on any atom is -0.381 e. The fraction of sp³-hybridized carbons (Fsp3) is 1.00. The Hall–Kier alpha value is -0.160. The maximum absolute atomic E-state index is 6.30. The summed E-state index contributed by atoms with van der Waals surface area (Å²) in [5, 5.41) is 3.79. The Morgan fingerprint density at radius 3 is 2.38 bits per heavy atom. The highest BCUT2D eigenvalue weighted by Gasteiger charge is 2.41. The van der Waals surface area contributed by atoms with Gasteiger partial charge in [0.25, 0.3) is 0 Å². The lowest BCUT2D eigenvalue weighted by Crippen LogP contribution is -2.56. The highest BCUT2D eigenvalue weighted by atomic mass is 16.5. The fourth-order valence-corrected chi connectivity index (χ4v) is 3.72. The van der Waals surface area contributed by atoms with Gasteiger partial charge in [0, 0.05) is 51.9 Å². The number of hydrogen-bond acceptors (Lipinski definition) is 4. The van der Waals surface area contributed by atoms with Crippen LogP contribution in [0.2, 0.25) is 0 Å². The molecule has 0 bridgehead atoms. The Balaban J connectivity index is 2.02. The topological polar surface area (TPSA) is 39.7 Å². The van der Waals surface area contributed by atoms with E-state index >= 15 is 0 Å². The highest BCUT2D eigenvalue weighted by Crippen LogP contribution is 2.34. The molecule has 2 aliphatic rings. The second-order valence-electron chi connectivity index (χ2n) is 6.41. The molecule has 2 saturated heterocycles. The maximum Gasteiger partial charge on any atom is 0.0878 e. The smallest absolute Gasteiger partial charge is 0.0878 e. The second kappa shape index (κ2) is 9.09. The molecule has 0 radical (unpaired) electrons. The van der Waals surface area contributed by atoms with Gasteiger partial charge in [0.2, 0.25) is 0 Å². The number of rotatable bonds is 8. The summed E-state index contributed by atoms with van der Waals surface area (Å²) in [7, 11) is 0. The standard InChI is InChI=1S/C17H33NO3/c1-3-9-18-16(14-15-5-10-19-11-6-15)17(21-4-2)7-12-20-13-8-17/h15-16,18H,3-14H2,1-2H3. The third-order valence-electron chi connectivity index (χ3n) is 4.96. The zero-order chi connectivity index (χ0) is 15.0. The van der Waals surface area contributed by atoms with Gasteiger partial charge in [0.05, 0.1) is 5.60 Å². The van der Waals surface area contributed by atoms with E-state index in [1.807, 2.05) is 0 Å². The molecule has 124 valence electrons. The lowest BCUT2D eigenvalue weighted by molar-refractivity contribution is -0.131. The molecule has 2 heterocycles. The van der Waals surface area contributed by atoms with Gasteiger partial charge in [-0.05, 0) is 45.1 Å². The molecule has 0 aromatic carbocycles. The van der Waals surface area contributed by atoms with E-state index in [-0.39, 0.29) is 5.60 Å². The molecule has 0 spiro atoms. The highest BCUT2D eigenvalue weighted by molar-refractivity contribution is 4.96. The molecule has 2 rings (SSSR count). The first-order valence-corrected chi connectivity index (χ1v) is 8.83. The molecule has 4 nitrogen and oxygen atoms in total. The van der Waals surface area contributed by atoms with Gasteiger partial charge in [0.15, 0.2) is 0 Å². The number of hydrogen-bond donors (Lipinski definition) is 1. The molecule has 0 amide bonds. The summed E-state index contributed by atoms with van der Waals surface area (Å²) in [4.78, 5) is 0. The summed E-state index contributed by atoms with van der Waals surface area (Å²) in [6.07, 6.45) is 6.81. The summed E-state index contributed by atoms with van der Waals surface area (Å²) in [6.45, 7) is 9.72. The van der Waals surface area contributed by atoms with Crippen molar-refractivity contribution in [3.8, 4) is 0 Å². The minimum absolute atomic E-state index is 0.0273. The van der Waals surface area contributed by atoms with Gasteiger partial charge in [-0.1, -0.05) is 6.92 Å². The van der Waals surface area contributed by atoms with Gasteiger partial charge in [0.1, 0.15) is 0 Å². The maximum atomic E-state index is 6.30. The molecule has 1 atom stereocenters. The van der Waals surface area contributed by atoms with Crippen LogP contribution in [-0.4, -0.2) is 51.2 Å². The fourth-order valence-electron chi connectivity index (χ4n) is 3.72. The van der Waals surface area contributed by atoms with Crippen molar-refractivity contribution in [2.45, 2.75) is 64.0 Å². The van der Waals surface area contributed by atoms with Gasteiger partial charge in [-0.2, -0.15) is 0 Å². The average Bonchev–Trinajstić information content (AvgIpc) is 2.53. The lowest BCUT2D eigenvalue weighted by atomic mass is 9.79. The summed E-state index contributed by atoms with van der Waals surface area (Å²) in [6, 6.07) is 0.449. The Kier molecular flexibility index (Phi) is 7.44. The van der Waals surface area contributed by atoms with Gasteiger partial charge in [-0.25, -0.2) is 0 Å². The molecule has 21 heavy (non-hydrogen) atoms. The van der Waals surface area contributed by atoms with Crippen LogP contribution >= 0.6 is 0 Å². The summed E-state index contributed by atoms with van der Waals surface area (Å²) in [5.74, 6) is 0.772. The molecule has 4 heteroatoms. The van der Waals surface area contributed by atoms with Gasteiger partial charge in [-0.15, -0.1) is 0 Å². The first-order valence-electron chi connectivity index (χ1n) is 8.83. The van der Waals surface area contributed by atoms with Crippen molar-refractivity contribution in [2.75, 3.05) is 39.6 Å². The largest absolute Gasteiger partial charge is 0.381 e. The summed E-state index contributed by atoms with van der Waals surface area (Å²) < 4.78 is 17.4. The molecule has 2 fully saturated rings. The van der Waals surface area contributed by atoms with Crippen LogP contribution in [0.25, 0.3) is 0 Å². The number of ether oxygens (including phenoxy) is 3. The Morgan fingerprint density at radius 2 is 1.76 bits per heavy atom. The van der Waals surface area contributed by atoms with E-state index in [0.29, 0.717) is 6.04 Å². The Bertz CT molecular complexity index is 268. The Labute approximate surface area is 129 Å². The van der Waals surface area contributed by atoms with Crippen molar-refractivity contribution in [2.24, 2.45) is 5.92 Å². The average molecular weight is 299 g/mol. The molecule has 0 aliphatic carbocycles. The van der Waals surface area contributed by atoms with Crippen molar-refractivity contribution in [1.29, 1.82) is 0 Å². The zero-order valence-electron chi connectivity index (χ0n) is 13.9. The molecule has 0 aromatic heterocycles. The quantitative estimate of drug-likeness (QED) is 0.748. The first-order chi connectivity index (χ1) is 10.3. The summed E-state index contributed by atoms with van der Waals surface area (Å²) >= 11 is 0. The predicted octanol–water partition coefficient (Wildman–Crippen LogP) is 2.76. The van der Waals surface area contributed by atoms with Crippen molar-refractivity contribution in [1.82, 2.24) is 5.32 Å². The zero-order valence-corrected chi connectivity index (χ0v) is 13.9. The first kappa shape index (κ1) is 17.2. The van der Waals surface area contributed by atoms with Crippen molar-refractivity contribution < 1.29 is 14.2 Å². The SMILES string of the molecule is CCCNC(CC1CCOCC1)C1(OCC)CCOCC1. The molecular formula is C17H33NO3. The molecule has 0 aromatic rings. The van der Waals surface area contributed by atoms with E-state index in [4.69, 9.17) is 14.2 Å². The van der Waals surface area contributed by atoms with E-state index in [1.54, 1.807) is 0 Å². The van der Waals surface area contributed by atoms with Crippen molar-refractivity contribution in [3.05, 3.63) is 0 Å². The van der Waals surface area contributed by atoms with Crippen LogP contribution in [-0.2, 0) is 14.2 Å². The molecular weight excluding hydrogens is 266 g/mol. The lowest BCUT2D eigenvalue weighted by Gasteiger charge is -2.45. The van der Waals surface area contributed by atoms with Gasteiger partial charge in [-0.3, -0.25) is 0 Å². The van der Waals surface area contributed by atoms with Gasteiger partial charge >= 0.3 is 0 Å². The van der Waals surface area contributed by atoms with Crippen LogP contribution < -0.4 is 5.32 Å². The third-order valence-corrected chi connectivity index (χ3v) is 4.96. The molecule has 1 unspecified atom stereocenters. The molecule has 0 saturated carbocycles.